The molecule has 1 aliphatic rings. The average Bonchev–Trinajstić information content (AvgIpc) is 2.79. The molecule has 1 unspecified atom stereocenters. The SMILES string of the molecule is Cc1ccc(-c2ccc(N3CCCC(C(=O)NCc4cc(F)cc(F)c4)C3)nn2)cc1C. The van der Waals surface area contributed by atoms with E-state index in [1.807, 2.05) is 18.2 Å². The van der Waals surface area contributed by atoms with Gasteiger partial charge in [-0.25, -0.2) is 8.78 Å². The fourth-order valence-electron chi connectivity index (χ4n) is 3.99. The zero-order valence-corrected chi connectivity index (χ0v) is 18.2. The van der Waals surface area contributed by atoms with Gasteiger partial charge in [0, 0.05) is 31.3 Å². The fourth-order valence-corrected chi connectivity index (χ4v) is 3.99. The van der Waals surface area contributed by atoms with Crippen LogP contribution in [0.15, 0.2) is 48.5 Å². The van der Waals surface area contributed by atoms with Gasteiger partial charge < -0.3 is 10.2 Å². The molecule has 1 aromatic heterocycles. The number of amides is 1. The number of anilines is 1. The Morgan fingerprint density at radius 1 is 1.03 bits per heavy atom. The first-order valence-electron chi connectivity index (χ1n) is 10.8. The Balaban J connectivity index is 1.38. The van der Waals surface area contributed by atoms with E-state index in [1.165, 1.54) is 23.3 Å². The minimum Gasteiger partial charge on any atom is -0.354 e. The highest BCUT2D eigenvalue weighted by Crippen LogP contribution is 2.24. The summed E-state index contributed by atoms with van der Waals surface area (Å²) in [5, 5.41) is 11.6. The van der Waals surface area contributed by atoms with Crippen molar-refractivity contribution in [2.45, 2.75) is 33.2 Å². The van der Waals surface area contributed by atoms with Crippen LogP contribution in [0, 0.1) is 31.4 Å². The molecule has 1 saturated heterocycles. The molecular weight excluding hydrogens is 410 g/mol. The van der Waals surface area contributed by atoms with Gasteiger partial charge in [0.05, 0.1) is 11.6 Å². The van der Waals surface area contributed by atoms with Gasteiger partial charge in [-0.2, -0.15) is 0 Å². The second-order valence-corrected chi connectivity index (χ2v) is 8.36. The van der Waals surface area contributed by atoms with Gasteiger partial charge >= 0.3 is 0 Å². The van der Waals surface area contributed by atoms with E-state index in [0.29, 0.717) is 12.1 Å². The van der Waals surface area contributed by atoms with Crippen molar-refractivity contribution < 1.29 is 13.6 Å². The summed E-state index contributed by atoms with van der Waals surface area (Å²) in [7, 11) is 0. The maximum absolute atomic E-state index is 13.3. The molecule has 0 spiro atoms. The van der Waals surface area contributed by atoms with Crippen molar-refractivity contribution in [3.05, 3.63) is 76.9 Å². The van der Waals surface area contributed by atoms with Gasteiger partial charge in [-0.1, -0.05) is 12.1 Å². The Morgan fingerprint density at radius 3 is 2.50 bits per heavy atom. The van der Waals surface area contributed by atoms with Gasteiger partial charge in [0.15, 0.2) is 5.82 Å². The van der Waals surface area contributed by atoms with Crippen LogP contribution >= 0.6 is 0 Å². The van der Waals surface area contributed by atoms with Crippen LogP contribution in [0.5, 0.6) is 0 Å². The van der Waals surface area contributed by atoms with Crippen molar-refractivity contribution in [1.82, 2.24) is 15.5 Å². The monoisotopic (exact) mass is 436 g/mol. The summed E-state index contributed by atoms with van der Waals surface area (Å²) in [5.74, 6) is -0.911. The highest BCUT2D eigenvalue weighted by molar-refractivity contribution is 5.79. The standard InChI is InChI=1S/C25H26F2N4O/c1-16-5-6-19(10-17(16)2)23-7-8-24(30-29-23)31-9-3-4-20(15-31)25(32)28-14-18-11-21(26)13-22(27)12-18/h5-8,10-13,20H,3-4,9,14-15H2,1-2H3,(H,28,32). The molecule has 1 aliphatic heterocycles. The van der Waals surface area contributed by atoms with E-state index in [1.54, 1.807) is 0 Å². The number of nitrogens with one attached hydrogen (secondary N) is 1. The van der Waals surface area contributed by atoms with Crippen LogP contribution in [0.3, 0.4) is 0 Å². The van der Waals surface area contributed by atoms with Crippen LogP contribution in [0.4, 0.5) is 14.6 Å². The first-order chi connectivity index (χ1) is 15.4. The molecule has 166 valence electrons. The highest BCUT2D eigenvalue weighted by Gasteiger charge is 2.26. The number of carbonyl (C=O) groups excluding carboxylic acids is 1. The van der Waals surface area contributed by atoms with E-state index in [2.05, 4.69) is 46.4 Å². The van der Waals surface area contributed by atoms with Crippen LogP contribution < -0.4 is 10.2 Å². The normalized spacial score (nSPS) is 16.1. The molecule has 0 radical (unpaired) electrons. The van der Waals surface area contributed by atoms with E-state index in [0.717, 1.165) is 42.5 Å². The Morgan fingerprint density at radius 2 is 1.81 bits per heavy atom. The third-order valence-electron chi connectivity index (χ3n) is 5.96. The Labute approximate surface area is 186 Å². The van der Waals surface area contributed by atoms with E-state index in [4.69, 9.17) is 0 Å². The number of aryl methyl sites for hydroxylation is 2. The number of rotatable bonds is 5. The Hall–Kier alpha value is -3.35. The number of piperidine rings is 1. The number of aromatic nitrogens is 2. The molecule has 1 amide bonds. The van der Waals surface area contributed by atoms with E-state index >= 15 is 0 Å². The van der Waals surface area contributed by atoms with Crippen molar-refractivity contribution in [2.75, 3.05) is 18.0 Å². The number of benzene rings is 2. The van der Waals surface area contributed by atoms with Gasteiger partial charge in [-0.05, 0) is 73.7 Å². The lowest BCUT2D eigenvalue weighted by Crippen LogP contribution is -2.43. The van der Waals surface area contributed by atoms with Gasteiger partial charge in [-0.15, -0.1) is 10.2 Å². The molecule has 0 saturated carbocycles. The topological polar surface area (TPSA) is 58.1 Å². The Bertz CT molecular complexity index is 1100. The summed E-state index contributed by atoms with van der Waals surface area (Å²) in [6, 6.07) is 13.4. The van der Waals surface area contributed by atoms with Crippen LogP contribution in [-0.2, 0) is 11.3 Å². The minimum atomic E-state index is -0.652. The summed E-state index contributed by atoms with van der Waals surface area (Å²) in [6.07, 6.45) is 1.61. The van der Waals surface area contributed by atoms with Gasteiger partial charge in [0.1, 0.15) is 11.6 Å². The molecule has 0 bridgehead atoms. The fraction of sp³-hybridized carbons (Fsp3) is 0.320. The average molecular weight is 437 g/mol. The first-order valence-corrected chi connectivity index (χ1v) is 10.8. The van der Waals surface area contributed by atoms with Gasteiger partial charge in [-0.3, -0.25) is 4.79 Å². The molecular formula is C25H26F2N4O. The number of halogens is 2. The molecule has 1 N–H and O–H groups in total. The molecule has 2 aromatic carbocycles. The number of carbonyl (C=O) groups is 1. The molecule has 5 nitrogen and oxygen atoms in total. The minimum absolute atomic E-state index is 0.0917. The van der Waals surface area contributed by atoms with Crippen molar-refractivity contribution in [3.8, 4) is 11.3 Å². The van der Waals surface area contributed by atoms with Gasteiger partial charge in [0.25, 0.3) is 0 Å². The van der Waals surface area contributed by atoms with Crippen molar-refractivity contribution >= 4 is 11.7 Å². The lowest BCUT2D eigenvalue weighted by atomic mass is 9.97. The summed E-state index contributed by atoms with van der Waals surface area (Å²) in [4.78, 5) is 14.7. The summed E-state index contributed by atoms with van der Waals surface area (Å²) in [6.45, 7) is 5.57. The summed E-state index contributed by atoms with van der Waals surface area (Å²) in [5.41, 5.74) is 4.68. The largest absolute Gasteiger partial charge is 0.354 e. The van der Waals surface area contributed by atoms with Gasteiger partial charge in [0.2, 0.25) is 5.91 Å². The summed E-state index contributed by atoms with van der Waals surface area (Å²) >= 11 is 0. The lowest BCUT2D eigenvalue weighted by molar-refractivity contribution is -0.125. The molecule has 2 heterocycles. The number of hydrogen-bond acceptors (Lipinski definition) is 4. The Kier molecular flexibility index (Phi) is 6.44. The van der Waals surface area contributed by atoms with E-state index < -0.39 is 11.6 Å². The number of nitrogens with zero attached hydrogens (tertiary/aromatic N) is 3. The zero-order valence-electron chi connectivity index (χ0n) is 18.2. The maximum atomic E-state index is 13.3. The van der Waals surface area contributed by atoms with Crippen molar-refractivity contribution in [2.24, 2.45) is 5.92 Å². The van der Waals surface area contributed by atoms with Crippen molar-refractivity contribution in [1.29, 1.82) is 0 Å². The molecule has 0 aliphatic carbocycles. The smallest absolute Gasteiger partial charge is 0.225 e. The molecule has 1 atom stereocenters. The van der Waals surface area contributed by atoms with E-state index in [9.17, 15) is 13.6 Å². The van der Waals surface area contributed by atoms with Crippen LogP contribution in [0.2, 0.25) is 0 Å². The molecule has 3 aromatic rings. The molecule has 32 heavy (non-hydrogen) atoms. The van der Waals surface area contributed by atoms with Crippen molar-refractivity contribution in [3.63, 3.8) is 0 Å². The third kappa shape index (κ3) is 5.10. The lowest BCUT2D eigenvalue weighted by Gasteiger charge is -2.32. The second-order valence-electron chi connectivity index (χ2n) is 8.36. The summed E-state index contributed by atoms with van der Waals surface area (Å²) < 4.78 is 26.7. The highest BCUT2D eigenvalue weighted by atomic mass is 19.1. The first kappa shape index (κ1) is 21.9. The number of hydrogen-bond donors (Lipinski definition) is 1. The second kappa shape index (κ2) is 9.42. The predicted octanol–water partition coefficient (Wildman–Crippen LogP) is 4.57. The van der Waals surface area contributed by atoms with Crippen LogP contribution in [0.25, 0.3) is 11.3 Å². The third-order valence-corrected chi connectivity index (χ3v) is 5.96. The van der Waals surface area contributed by atoms with Crippen LogP contribution in [-0.4, -0.2) is 29.2 Å². The maximum Gasteiger partial charge on any atom is 0.225 e. The van der Waals surface area contributed by atoms with Crippen LogP contribution in [0.1, 0.15) is 29.5 Å². The molecule has 1 fully saturated rings. The predicted molar refractivity (Wildman–Crippen MR) is 120 cm³/mol. The molecule has 7 heteroatoms. The van der Waals surface area contributed by atoms with E-state index in [-0.39, 0.29) is 18.4 Å². The quantitative estimate of drug-likeness (QED) is 0.637. The zero-order chi connectivity index (χ0) is 22.7. The molecule has 4 rings (SSSR count).